The molecule has 5 nitrogen and oxygen atoms in total. The van der Waals surface area contributed by atoms with Crippen LogP contribution >= 0.6 is 0 Å². The Balaban J connectivity index is 1.94. The number of nitrogens with two attached hydrogens (primary N) is 1. The standard InChI is InChI=1S/C15H18N4O/c1-3-8-20-11-15-10-19(18-17-15)9-13-4-6-14(7-5-13)12(2)16/h1,4-7,10,12H,8-9,11,16H2,2H3. The first-order valence-corrected chi connectivity index (χ1v) is 6.43. The van der Waals surface area contributed by atoms with Crippen molar-refractivity contribution < 1.29 is 4.74 Å². The first kappa shape index (κ1) is 14.3. The van der Waals surface area contributed by atoms with Crippen LogP contribution in [-0.4, -0.2) is 21.6 Å². The highest BCUT2D eigenvalue weighted by atomic mass is 16.5. The molecule has 1 heterocycles. The van der Waals surface area contributed by atoms with E-state index in [0.717, 1.165) is 16.8 Å². The van der Waals surface area contributed by atoms with Crippen molar-refractivity contribution in [2.45, 2.75) is 26.1 Å². The molecule has 1 atom stereocenters. The Morgan fingerprint density at radius 1 is 1.40 bits per heavy atom. The molecule has 2 N–H and O–H groups in total. The highest BCUT2D eigenvalue weighted by Gasteiger charge is 2.03. The first-order chi connectivity index (χ1) is 9.69. The average molecular weight is 270 g/mol. The lowest BCUT2D eigenvalue weighted by Gasteiger charge is -2.06. The predicted octanol–water partition coefficient (Wildman–Crippen LogP) is 1.50. The molecule has 20 heavy (non-hydrogen) atoms. The molecule has 0 aliphatic heterocycles. The summed E-state index contributed by atoms with van der Waals surface area (Å²) >= 11 is 0. The molecule has 2 rings (SSSR count). The summed E-state index contributed by atoms with van der Waals surface area (Å²) < 4.78 is 6.98. The molecule has 0 spiro atoms. The van der Waals surface area contributed by atoms with Gasteiger partial charge >= 0.3 is 0 Å². The number of hydrogen-bond acceptors (Lipinski definition) is 4. The maximum absolute atomic E-state index is 5.82. The van der Waals surface area contributed by atoms with Crippen molar-refractivity contribution in [2.24, 2.45) is 5.73 Å². The molecule has 1 aromatic heterocycles. The second-order valence-electron chi connectivity index (χ2n) is 4.63. The summed E-state index contributed by atoms with van der Waals surface area (Å²) in [7, 11) is 0. The van der Waals surface area contributed by atoms with Gasteiger partial charge in [0.2, 0.25) is 0 Å². The Morgan fingerprint density at radius 3 is 2.80 bits per heavy atom. The zero-order valence-corrected chi connectivity index (χ0v) is 11.5. The predicted molar refractivity (Wildman–Crippen MR) is 76.7 cm³/mol. The molecule has 0 amide bonds. The van der Waals surface area contributed by atoms with Crippen molar-refractivity contribution in [1.29, 1.82) is 0 Å². The molecular weight excluding hydrogens is 252 g/mol. The van der Waals surface area contributed by atoms with Crippen LogP contribution in [-0.2, 0) is 17.9 Å². The van der Waals surface area contributed by atoms with Gasteiger partial charge in [-0.15, -0.1) is 11.5 Å². The Hall–Kier alpha value is -2.16. The maximum Gasteiger partial charge on any atom is 0.108 e. The number of hydrogen-bond donors (Lipinski definition) is 1. The molecule has 0 saturated carbocycles. The van der Waals surface area contributed by atoms with Crippen LogP contribution in [0.4, 0.5) is 0 Å². The van der Waals surface area contributed by atoms with Gasteiger partial charge in [-0.3, -0.25) is 0 Å². The van der Waals surface area contributed by atoms with E-state index >= 15 is 0 Å². The Morgan fingerprint density at radius 2 is 2.15 bits per heavy atom. The number of aromatic nitrogens is 3. The van der Waals surface area contributed by atoms with E-state index in [1.807, 2.05) is 25.3 Å². The van der Waals surface area contributed by atoms with Crippen molar-refractivity contribution in [3.63, 3.8) is 0 Å². The van der Waals surface area contributed by atoms with E-state index in [9.17, 15) is 0 Å². The highest BCUT2D eigenvalue weighted by molar-refractivity contribution is 5.24. The number of terminal acetylenes is 1. The van der Waals surface area contributed by atoms with E-state index in [4.69, 9.17) is 16.9 Å². The maximum atomic E-state index is 5.82. The van der Waals surface area contributed by atoms with Gasteiger partial charge in [0.15, 0.2) is 0 Å². The summed E-state index contributed by atoms with van der Waals surface area (Å²) in [6.07, 6.45) is 6.97. The van der Waals surface area contributed by atoms with Crippen LogP contribution < -0.4 is 5.73 Å². The quantitative estimate of drug-likeness (QED) is 0.638. The normalized spacial score (nSPS) is 12.1. The van der Waals surface area contributed by atoms with Crippen LogP contribution in [0.1, 0.15) is 29.8 Å². The van der Waals surface area contributed by atoms with Gasteiger partial charge in [0.1, 0.15) is 12.3 Å². The summed E-state index contributed by atoms with van der Waals surface area (Å²) in [5, 5.41) is 8.09. The lowest BCUT2D eigenvalue weighted by Crippen LogP contribution is -2.05. The van der Waals surface area contributed by atoms with E-state index in [0.29, 0.717) is 13.2 Å². The largest absolute Gasteiger partial charge is 0.362 e. The Labute approximate surface area is 118 Å². The number of ether oxygens (including phenoxy) is 1. The van der Waals surface area contributed by atoms with Crippen LogP contribution in [0.5, 0.6) is 0 Å². The van der Waals surface area contributed by atoms with Crippen LogP contribution in [0, 0.1) is 12.3 Å². The van der Waals surface area contributed by atoms with E-state index in [2.05, 4.69) is 28.4 Å². The van der Waals surface area contributed by atoms with Gasteiger partial charge in [0.05, 0.1) is 19.3 Å². The topological polar surface area (TPSA) is 66.0 Å². The van der Waals surface area contributed by atoms with E-state index < -0.39 is 0 Å². The van der Waals surface area contributed by atoms with Crippen molar-refractivity contribution in [2.75, 3.05) is 6.61 Å². The minimum atomic E-state index is 0.0512. The highest BCUT2D eigenvalue weighted by Crippen LogP contribution is 2.11. The molecule has 104 valence electrons. The molecular formula is C15H18N4O. The number of nitrogens with zero attached hydrogens (tertiary/aromatic N) is 3. The smallest absolute Gasteiger partial charge is 0.108 e. The van der Waals surface area contributed by atoms with E-state index in [1.165, 1.54) is 0 Å². The van der Waals surface area contributed by atoms with Gasteiger partial charge in [-0.05, 0) is 18.1 Å². The van der Waals surface area contributed by atoms with E-state index in [-0.39, 0.29) is 12.6 Å². The fourth-order valence-electron chi connectivity index (χ4n) is 1.81. The average Bonchev–Trinajstić information content (AvgIpc) is 2.87. The van der Waals surface area contributed by atoms with Gasteiger partial charge < -0.3 is 10.5 Å². The second kappa shape index (κ2) is 6.85. The molecule has 0 bridgehead atoms. The third kappa shape index (κ3) is 3.92. The summed E-state index contributed by atoms with van der Waals surface area (Å²) in [5.74, 6) is 2.41. The molecule has 0 saturated heterocycles. The third-order valence-corrected chi connectivity index (χ3v) is 2.87. The first-order valence-electron chi connectivity index (χ1n) is 6.43. The van der Waals surface area contributed by atoms with Gasteiger partial charge in [-0.2, -0.15) is 0 Å². The minimum absolute atomic E-state index is 0.0512. The van der Waals surface area contributed by atoms with Crippen molar-refractivity contribution in [3.05, 3.63) is 47.3 Å². The van der Waals surface area contributed by atoms with Crippen LogP contribution in [0.2, 0.25) is 0 Å². The monoisotopic (exact) mass is 270 g/mol. The fourth-order valence-corrected chi connectivity index (χ4v) is 1.81. The van der Waals surface area contributed by atoms with Crippen molar-refractivity contribution in [3.8, 4) is 12.3 Å². The summed E-state index contributed by atoms with van der Waals surface area (Å²) in [6.45, 7) is 3.30. The zero-order valence-electron chi connectivity index (χ0n) is 11.5. The van der Waals surface area contributed by atoms with Gasteiger partial charge in [-0.1, -0.05) is 35.4 Å². The molecule has 5 heteroatoms. The summed E-state index contributed by atoms with van der Waals surface area (Å²) in [4.78, 5) is 0. The van der Waals surface area contributed by atoms with Crippen LogP contribution in [0.3, 0.4) is 0 Å². The molecule has 0 fully saturated rings. The van der Waals surface area contributed by atoms with Crippen LogP contribution in [0.15, 0.2) is 30.5 Å². The molecule has 0 aliphatic rings. The summed E-state index contributed by atoms with van der Waals surface area (Å²) in [6, 6.07) is 8.22. The molecule has 2 aromatic rings. The Bertz CT molecular complexity index is 581. The zero-order chi connectivity index (χ0) is 14.4. The van der Waals surface area contributed by atoms with Gasteiger partial charge in [-0.25, -0.2) is 4.68 Å². The molecule has 0 aliphatic carbocycles. The third-order valence-electron chi connectivity index (χ3n) is 2.87. The Kier molecular flexibility index (Phi) is 4.88. The van der Waals surface area contributed by atoms with Crippen molar-refractivity contribution >= 4 is 0 Å². The SMILES string of the molecule is C#CCOCc1cn(Cc2ccc(C(C)N)cc2)nn1. The fraction of sp³-hybridized carbons (Fsp3) is 0.333. The number of rotatable bonds is 6. The molecule has 1 aromatic carbocycles. The van der Waals surface area contributed by atoms with Gasteiger partial charge in [0, 0.05) is 6.04 Å². The van der Waals surface area contributed by atoms with Crippen LogP contribution in [0.25, 0.3) is 0 Å². The molecule has 0 radical (unpaired) electrons. The second-order valence-corrected chi connectivity index (χ2v) is 4.63. The van der Waals surface area contributed by atoms with Gasteiger partial charge in [0.25, 0.3) is 0 Å². The minimum Gasteiger partial charge on any atom is -0.362 e. The lowest BCUT2D eigenvalue weighted by atomic mass is 10.1. The van der Waals surface area contributed by atoms with Crippen molar-refractivity contribution in [1.82, 2.24) is 15.0 Å². The summed E-state index contributed by atoms with van der Waals surface area (Å²) in [5.41, 5.74) is 8.86. The number of benzene rings is 1. The van der Waals surface area contributed by atoms with E-state index in [1.54, 1.807) is 4.68 Å². The molecule has 1 unspecified atom stereocenters. The lowest BCUT2D eigenvalue weighted by molar-refractivity contribution is 0.150.